The molecule has 3 heterocycles. The number of anilines is 1. The summed E-state index contributed by atoms with van der Waals surface area (Å²) in [6, 6.07) is 6.94. The molecule has 0 saturated heterocycles. The van der Waals surface area contributed by atoms with Gasteiger partial charge in [-0.2, -0.15) is 17.7 Å². The molecule has 0 saturated carbocycles. The Labute approximate surface area is 216 Å². The summed E-state index contributed by atoms with van der Waals surface area (Å²) in [4.78, 5) is 28.9. The number of hydrogen-bond donors (Lipinski definition) is 1. The largest absolute Gasteiger partial charge is 0.444 e. The predicted molar refractivity (Wildman–Crippen MR) is 134 cm³/mol. The normalized spacial score (nSPS) is 15.2. The molecule has 1 aliphatic rings. The number of carbonyl (C=O) groups is 1. The second kappa shape index (κ2) is 9.95. The third-order valence-corrected chi connectivity index (χ3v) is 5.85. The summed E-state index contributed by atoms with van der Waals surface area (Å²) in [5.41, 5.74) is -0.885. The van der Waals surface area contributed by atoms with Crippen molar-refractivity contribution in [3.63, 3.8) is 0 Å². The van der Waals surface area contributed by atoms with Crippen LogP contribution < -0.4 is 5.32 Å². The summed E-state index contributed by atoms with van der Waals surface area (Å²) in [6.45, 7) is 7.79. The molecule has 2 aromatic heterocycles. The number of pyridine rings is 1. The number of alkyl halides is 3. The zero-order valence-electron chi connectivity index (χ0n) is 21.2. The minimum atomic E-state index is -4.73. The summed E-state index contributed by atoms with van der Waals surface area (Å²) >= 11 is 0. The van der Waals surface area contributed by atoms with Gasteiger partial charge in [0.2, 0.25) is 0 Å². The van der Waals surface area contributed by atoms with E-state index in [4.69, 9.17) is 4.74 Å². The van der Waals surface area contributed by atoms with Crippen molar-refractivity contribution < 1.29 is 27.6 Å². The van der Waals surface area contributed by atoms with E-state index in [0.29, 0.717) is 42.9 Å². The maximum atomic E-state index is 13.3. The van der Waals surface area contributed by atoms with E-state index >= 15 is 0 Å². The van der Waals surface area contributed by atoms with Crippen molar-refractivity contribution in [1.29, 1.82) is 0 Å². The predicted octanol–water partition coefficient (Wildman–Crippen LogP) is 5.85. The zero-order valence-corrected chi connectivity index (χ0v) is 21.2. The van der Waals surface area contributed by atoms with Gasteiger partial charge in [-0.1, -0.05) is 12.1 Å². The lowest BCUT2D eigenvalue weighted by molar-refractivity contribution is -0.385. The van der Waals surface area contributed by atoms with Gasteiger partial charge in [0, 0.05) is 25.2 Å². The fourth-order valence-electron chi connectivity index (χ4n) is 3.97. The Morgan fingerprint density at radius 2 is 1.95 bits per heavy atom. The minimum absolute atomic E-state index is 0.0982. The first-order chi connectivity index (χ1) is 17.7. The van der Waals surface area contributed by atoms with Crippen LogP contribution in [0.3, 0.4) is 0 Å². The number of ether oxygens (including phenoxy) is 1. The molecule has 1 atom stereocenters. The van der Waals surface area contributed by atoms with Crippen LogP contribution in [0.5, 0.6) is 0 Å². The lowest BCUT2D eigenvalue weighted by Crippen LogP contribution is -2.39. The second-order valence-corrected chi connectivity index (χ2v) is 9.96. The first-order valence-corrected chi connectivity index (χ1v) is 11.9. The lowest BCUT2D eigenvalue weighted by atomic mass is 10.0. The van der Waals surface area contributed by atoms with Crippen molar-refractivity contribution >= 4 is 28.8 Å². The van der Waals surface area contributed by atoms with E-state index in [1.165, 1.54) is 4.52 Å². The Morgan fingerprint density at radius 1 is 1.21 bits per heavy atom. The van der Waals surface area contributed by atoms with E-state index < -0.39 is 40.1 Å². The van der Waals surface area contributed by atoms with Gasteiger partial charge in [0.1, 0.15) is 11.4 Å². The highest BCUT2D eigenvalue weighted by atomic mass is 19.4. The van der Waals surface area contributed by atoms with Gasteiger partial charge in [-0.25, -0.2) is 9.78 Å². The smallest absolute Gasteiger partial charge is 0.416 e. The summed E-state index contributed by atoms with van der Waals surface area (Å²) in [7, 11) is 0. The number of nitrogens with one attached hydrogen (secondary N) is 1. The highest BCUT2D eigenvalue weighted by Crippen LogP contribution is 2.35. The van der Waals surface area contributed by atoms with Gasteiger partial charge in [-0.05, 0) is 63.5 Å². The average Bonchev–Trinajstić information content (AvgIpc) is 3.27. The maximum absolute atomic E-state index is 13.3. The first-order valence-electron chi connectivity index (χ1n) is 11.9. The minimum Gasteiger partial charge on any atom is -0.444 e. The number of halogens is 3. The maximum Gasteiger partial charge on any atom is 0.416 e. The topological polar surface area (TPSA) is 115 Å². The number of nitrogens with zero attached hydrogens (tertiary/aromatic N) is 5. The number of amides is 1. The standard InChI is InChI=1S/C25H27F3N6O4/c1-15(17-12-18(25(26,27)28)14-19(13-17)34(36)37)29-20-6-5-7-21-30-22(31-33(20)21)16-8-10-32(11-9-16)23(35)38-24(2,3)4/h5-8,12-15,29H,9-11H2,1-4H3/t15-/m1/s1. The molecule has 0 bridgehead atoms. The Balaban J connectivity index is 1.57. The molecule has 202 valence electrons. The van der Waals surface area contributed by atoms with Crippen molar-refractivity contribution in [1.82, 2.24) is 19.5 Å². The van der Waals surface area contributed by atoms with E-state index in [1.54, 1.807) is 50.8 Å². The number of non-ortho nitro benzene ring substituents is 1. The number of nitro groups is 1. The van der Waals surface area contributed by atoms with E-state index in [2.05, 4.69) is 15.4 Å². The van der Waals surface area contributed by atoms with E-state index in [-0.39, 0.29) is 5.56 Å². The molecule has 1 aliphatic heterocycles. The molecule has 0 fully saturated rings. The summed E-state index contributed by atoms with van der Waals surface area (Å²) in [5, 5.41) is 18.9. The van der Waals surface area contributed by atoms with Crippen LogP contribution in [-0.4, -0.2) is 49.2 Å². The number of fused-ring (bicyclic) bond motifs is 1. The number of rotatable bonds is 5. The number of benzene rings is 1. The van der Waals surface area contributed by atoms with Crippen molar-refractivity contribution in [3.05, 3.63) is 69.5 Å². The first kappa shape index (κ1) is 26.9. The second-order valence-electron chi connectivity index (χ2n) is 9.96. The van der Waals surface area contributed by atoms with Crippen molar-refractivity contribution in [2.45, 2.75) is 51.9 Å². The highest BCUT2D eigenvalue weighted by Gasteiger charge is 2.33. The number of hydrogen-bond acceptors (Lipinski definition) is 7. The molecule has 13 heteroatoms. The fraction of sp³-hybridized carbons (Fsp3) is 0.400. The van der Waals surface area contributed by atoms with E-state index in [0.717, 1.165) is 17.7 Å². The van der Waals surface area contributed by atoms with Crippen LogP contribution in [0.25, 0.3) is 11.2 Å². The van der Waals surface area contributed by atoms with Crippen LogP contribution in [0, 0.1) is 10.1 Å². The Hall–Kier alpha value is -4.16. The molecule has 1 aromatic carbocycles. The van der Waals surface area contributed by atoms with Gasteiger partial charge >= 0.3 is 12.3 Å². The molecule has 0 spiro atoms. The van der Waals surface area contributed by atoms with Crippen LogP contribution in [0.15, 0.2) is 42.5 Å². The molecular weight excluding hydrogens is 505 g/mol. The summed E-state index contributed by atoms with van der Waals surface area (Å²) in [5.74, 6) is 0.908. The van der Waals surface area contributed by atoms with Crippen molar-refractivity contribution in [2.24, 2.45) is 0 Å². The van der Waals surface area contributed by atoms with Crippen molar-refractivity contribution in [2.75, 3.05) is 18.4 Å². The van der Waals surface area contributed by atoms with Gasteiger partial charge in [-0.15, -0.1) is 5.10 Å². The van der Waals surface area contributed by atoms with Crippen LogP contribution in [-0.2, 0) is 10.9 Å². The molecule has 0 radical (unpaired) electrons. The Morgan fingerprint density at radius 3 is 2.55 bits per heavy atom. The van der Waals surface area contributed by atoms with E-state index in [1.807, 2.05) is 6.08 Å². The molecule has 1 amide bonds. The quantitative estimate of drug-likeness (QED) is 0.324. The SMILES string of the molecule is C[C@@H](Nc1cccc2nc(C3=CCN(C(=O)OC(C)(C)C)CC3)nn12)c1cc([N+](=O)[O-])cc(C(F)(F)F)c1. The molecule has 0 aliphatic carbocycles. The third kappa shape index (κ3) is 6.03. The molecule has 38 heavy (non-hydrogen) atoms. The van der Waals surface area contributed by atoms with Crippen LogP contribution in [0.1, 0.15) is 57.1 Å². The third-order valence-electron chi connectivity index (χ3n) is 5.85. The Bertz CT molecular complexity index is 1410. The monoisotopic (exact) mass is 532 g/mol. The zero-order chi connectivity index (χ0) is 27.8. The van der Waals surface area contributed by atoms with Gasteiger partial charge in [-0.3, -0.25) is 10.1 Å². The van der Waals surface area contributed by atoms with Crippen LogP contribution in [0.4, 0.5) is 29.5 Å². The molecule has 3 aromatic rings. The Kier molecular flexibility index (Phi) is 7.04. The number of nitro benzene ring substituents is 1. The van der Waals surface area contributed by atoms with E-state index in [9.17, 15) is 28.1 Å². The lowest BCUT2D eigenvalue weighted by Gasteiger charge is -2.29. The van der Waals surface area contributed by atoms with Gasteiger partial charge in [0.05, 0.1) is 16.5 Å². The molecule has 10 nitrogen and oxygen atoms in total. The van der Waals surface area contributed by atoms with Gasteiger partial charge < -0.3 is 15.0 Å². The summed E-state index contributed by atoms with van der Waals surface area (Å²) < 4.78 is 46.9. The van der Waals surface area contributed by atoms with Gasteiger partial charge in [0.15, 0.2) is 11.5 Å². The van der Waals surface area contributed by atoms with Crippen molar-refractivity contribution in [3.8, 4) is 0 Å². The molecule has 1 N–H and O–H groups in total. The molecule has 4 rings (SSSR count). The molecule has 0 unspecified atom stereocenters. The van der Waals surface area contributed by atoms with Gasteiger partial charge in [0.25, 0.3) is 5.69 Å². The van der Waals surface area contributed by atoms with Crippen LogP contribution >= 0.6 is 0 Å². The number of aromatic nitrogens is 3. The fourth-order valence-corrected chi connectivity index (χ4v) is 3.97. The average molecular weight is 533 g/mol. The van der Waals surface area contributed by atoms with Crippen LogP contribution in [0.2, 0.25) is 0 Å². The highest BCUT2D eigenvalue weighted by molar-refractivity contribution is 5.71. The summed E-state index contributed by atoms with van der Waals surface area (Å²) in [6.07, 6.45) is -2.75. The number of carbonyl (C=O) groups excluding carboxylic acids is 1. The molecular formula is C25H27F3N6O4.